The van der Waals surface area contributed by atoms with Crippen molar-refractivity contribution in [3.63, 3.8) is 0 Å². The van der Waals surface area contributed by atoms with Crippen molar-refractivity contribution < 1.29 is 14.6 Å². The first-order chi connectivity index (χ1) is 13.5. The van der Waals surface area contributed by atoms with Gasteiger partial charge in [-0.15, -0.1) is 0 Å². The molecule has 0 fully saturated rings. The van der Waals surface area contributed by atoms with Crippen molar-refractivity contribution in [3.8, 4) is 11.6 Å². The highest BCUT2D eigenvalue weighted by atomic mass is 16.5. The number of rotatable bonds is 9. The van der Waals surface area contributed by atoms with Crippen molar-refractivity contribution in [2.75, 3.05) is 20.2 Å². The van der Waals surface area contributed by atoms with Crippen LogP contribution in [0.25, 0.3) is 0 Å². The maximum absolute atomic E-state index is 10.5. The summed E-state index contributed by atoms with van der Waals surface area (Å²) in [6.07, 6.45) is 1.10. The molecule has 0 aliphatic rings. The van der Waals surface area contributed by atoms with Crippen LogP contribution in [0.3, 0.4) is 0 Å². The highest BCUT2D eigenvalue weighted by molar-refractivity contribution is 5.79. The number of pyridine rings is 1. The van der Waals surface area contributed by atoms with E-state index < -0.39 is 6.10 Å². The molecule has 1 aromatic heterocycles. The number of aliphatic hydroxyl groups excluding tert-OH is 1. The quantitative estimate of drug-likeness (QED) is 0.454. The Labute approximate surface area is 166 Å². The van der Waals surface area contributed by atoms with Crippen LogP contribution in [0.5, 0.6) is 11.6 Å². The zero-order chi connectivity index (χ0) is 20.4. The van der Waals surface area contributed by atoms with Crippen LogP contribution in [0.4, 0.5) is 0 Å². The Morgan fingerprint density at radius 3 is 2.75 bits per heavy atom. The molecule has 152 valence electrons. The molecule has 1 heterocycles. The van der Waals surface area contributed by atoms with Crippen LogP contribution in [0.15, 0.2) is 47.6 Å². The highest BCUT2D eigenvalue weighted by Crippen LogP contribution is 2.20. The number of hydrogen-bond acceptors (Lipinski definition) is 5. The van der Waals surface area contributed by atoms with Crippen molar-refractivity contribution in [1.29, 1.82) is 0 Å². The lowest BCUT2D eigenvalue weighted by atomic mass is 10.1. The lowest BCUT2D eigenvalue weighted by Gasteiger charge is -2.17. The fourth-order valence-electron chi connectivity index (χ4n) is 2.55. The van der Waals surface area contributed by atoms with E-state index in [2.05, 4.69) is 20.6 Å². The summed E-state index contributed by atoms with van der Waals surface area (Å²) in [5.41, 5.74) is 1.78. The van der Waals surface area contributed by atoms with Crippen LogP contribution >= 0.6 is 0 Å². The molecule has 0 saturated carbocycles. The second-order valence-electron chi connectivity index (χ2n) is 6.54. The molecule has 2 aromatic rings. The average Bonchev–Trinajstić information content (AvgIpc) is 2.69. The number of aliphatic imine (C=N–C) groups is 1. The summed E-state index contributed by atoms with van der Waals surface area (Å²) in [7, 11) is 1.59. The van der Waals surface area contributed by atoms with Gasteiger partial charge in [0.25, 0.3) is 0 Å². The Balaban J connectivity index is 1.98. The molecule has 0 amide bonds. The van der Waals surface area contributed by atoms with Gasteiger partial charge >= 0.3 is 0 Å². The van der Waals surface area contributed by atoms with Gasteiger partial charge in [-0.2, -0.15) is 0 Å². The van der Waals surface area contributed by atoms with Crippen LogP contribution in [-0.4, -0.2) is 42.4 Å². The predicted octanol–water partition coefficient (Wildman–Crippen LogP) is 2.67. The van der Waals surface area contributed by atoms with Gasteiger partial charge in [0.05, 0.1) is 25.9 Å². The van der Waals surface area contributed by atoms with Crippen molar-refractivity contribution in [2.45, 2.75) is 39.5 Å². The first-order valence-electron chi connectivity index (χ1n) is 9.47. The molecule has 1 aromatic carbocycles. The standard InChI is InChI=1S/C21H30N4O3/c1-5-22-21(24-13-16-9-10-23-20(11-16)27-4)25-14-19(26)17-7-6-8-18(12-17)28-15(2)3/h6-12,15,19,26H,5,13-14H2,1-4H3,(H2,22,24,25). The summed E-state index contributed by atoms with van der Waals surface area (Å²) in [5.74, 6) is 1.94. The van der Waals surface area contributed by atoms with E-state index in [0.717, 1.165) is 23.4 Å². The Kier molecular flexibility index (Phi) is 8.55. The second-order valence-corrected chi connectivity index (χ2v) is 6.54. The van der Waals surface area contributed by atoms with E-state index in [9.17, 15) is 5.11 Å². The molecular formula is C21H30N4O3. The number of nitrogens with zero attached hydrogens (tertiary/aromatic N) is 2. The molecule has 0 radical (unpaired) electrons. The summed E-state index contributed by atoms with van der Waals surface area (Å²) in [4.78, 5) is 8.65. The molecule has 0 bridgehead atoms. The Morgan fingerprint density at radius 1 is 1.21 bits per heavy atom. The van der Waals surface area contributed by atoms with Gasteiger partial charge in [-0.1, -0.05) is 12.1 Å². The summed E-state index contributed by atoms with van der Waals surface area (Å²) in [6, 6.07) is 11.3. The van der Waals surface area contributed by atoms with Crippen molar-refractivity contribution in [1.82, 2.24) is 15.6 Å². The van der Waals surface area contributed by atoms with Crippen molar-refractivity contribution >= 4 is 5.96 Å². The number of methoxy groups -OCH3 is 1. The van der Waals surface area contributed by atoms with Gasteiger partial charge in [-0.05, 0) is 50.1 Å². The molecule has 0 aliphatic heterocycles. The van der Waals surface area contributed by atoms with E-state index in [1.165, 1.54) is 0 Å². The van der Waals surface area contributed by atoms with Gasteiger partial charge in [-0.3, -0.25) is 0 Å². The van der Waals surface area contributed by atoms with E-state index >= 15 is 0 Å². The van der Waals surface area contributed by atoms with Gasteiger partial charge in [-0.25, -0.2) is 9.98 Å². The van der Waals surface area contributed by atoms with Crippen molar-refractivity contribution in [2.24, 2.45) is 4.99 Å². The zero-order valence-corrected chi connectivity index (χ0v) is 17.0. The number of benzene rings is 1. The van der Waals surface area contributed by atoms with E-state index in [1.54, 1.807) is 13.3 Å². The van der Waals surface area contributed by atoms with E-state index in [0.29, 0.717) is 24.9 Å². The monoisotopic (exact) mass is 386 g/mol. The number of aromatic nitrogens is 1. The minimum Gasteiger partial charge on any atom is -0.491 e. The lowest BCUT2D eigenvalue weighted by Crippen LogP contribution is -2.39. The first kappa shape index (κ1) is 21.5. The molecule has 0 aliphatic carbocycles. The molecule has 7 nitrogen and oxygen atoms in total. The lowest BCUT2D eigenvalue weighted by molar-refractivity contribution is 0.179. The summed E-state index contributed by atoms with van der Waals surface area (Å²) in [6.45, 7) is 7.47. The van der Waals surface area contributed by atoms with Crippen LogP contribution in [0.2, 0.25) is 0 Å². The molecule has 0 spiro atoms. The van der Waals surface area contributed by atoms with Crippen molar-refractivity contribution in [3.05, 3.63) is 53.7 Å². The SMILES string of the molecule is CCNC(=NCc1ccnc(OC)c1)NCC(O)c1cccc(OC(C)C)c1. The van der Waals surface area contributed by atoms with Gasteiger partial charge in [0.2, 0.25) is 5.88 Å². The summed E-state index contributed by atoms with van der Waals surface area (Å²) < 4.78 is 10.8. The average molecular weight is 386 g/mol. The minimum absolute atomic E-state index is 0.0878. The van der Waals surface area contributed by atoms with Gasteiger partial charge in [0.1, 0.15) is 5.75 Å². The third kappa shape index (κ3) is 7.08. The maximum Gasteiger partial charge on any atom is 0.213 e. The normalized spacial score (nSPS) is 12.6. The smallest absolute Gasteiger partial charge is 0.213 e. The third-order valence-corrected chi connectivity index (χ3v) is 3.85. The number of aliphatic hydroxyl groups is 1. The Morgan fingerprint density at radius 2 is 2.04 bits per heavy atom. The summed E-state index contributed by atoms with van der Waals surface area (Å²) >= 11 is 0. The second kappa shape index (κ2) is 11.1. The zero-order valence-electron chi connectivity index (χ0n) is 17.0. The number of guanidine groups is 1. The topological polar surface area (TPSA) is 88.0 Å². The molecular weight excluding hydrogens is 356 g/mol. The largest absolute Gasteiger partial charge is 0.491 e. The van der Waals surface area contributed by atoms with Gasteiger partial charge in [0.15, 0.2) is 5.96 Å². The Hall–Kier alpha value is -2.80. The predicted molar refractivity (Wildman–Crippen MR) is 111 cm³/mol. The molecule has 28 heavy (non-hydrogen) atoms. The van der Waals surface area contributed by atoms with E-state index in [4.69, 9.17) is 9.47 Å². The molecule has 3 N–H and O–H groups in total. The number of nitrogens with one attached hydrogen (secondary N) is 2. The van der Waals surface area contributed by atoms with Gasteiger partial charge < -0.3 is 25.2 Å². The van der Waals surface area contributed by atoms with E-state index in [1.807, 2.05) is 57.2 Å². The van der Waals surface area contributed by atoms with Crippen LogP contribution in [0, 0.1) is 0 Å². The minimum atomic E-state index is -0.680. The molecule has 2 rings (SSSR count). The van der Waals surface area contributed by atoms with E-state index in [-0.39, 0.29) is 6.10 Å². The molecule has 7 heteroatoms. The third-order valence-electron chi connectivity index (χ3n) is 3.85. The Bertz CT molecular complexity index is 765. The highest BCUT2D eigenvalue weighted by Gasteiger charge is 2.10. The van der Waals surface area contributed by atoms with Gasteiger partial charge in [0, 0.05) is 25.4 Å². The first-order valence-corrected chi connectivity index (χ1v) is 9.47. The van der Waals surface area contributed by atoms with Crippen LogP contribution < -0.4 is 20.1 Å². The number of ether oxygens (including phenoxy) is 2. The molecule has 1 unspecified atom stereocenters. The molecule has 0 saturated heterocycles. The summed E-state index contributed by atoms with van der Waals surface area (Å²) in [5, 5.41) is 16.9. The fourth-order valence-corrected chi connectivity index (χ4v) is 2.55. The maximum atomic E-state index is 10.5. The fraction of sp³-hybridized carbons (Fsp3) is 0.429. The van der Waals surface area contributed by atoms with Crippen LogP contribution in [-0.2, 0) is 6.54 Å². The van der Waals surface area contributed by atoms with Crippen LogP contribution in [0.1, 0.15) is 38.0 Å². The number of hydrogen-bond donors (Lipinski definition) is 3. The molecule has 1 atom stereocenters.